The van der Waals surface area contributed by atoms with Crippen LogP contribution in [0.25, 0.3) is 90.8 Å². The highest BCUT2D eigenvalue weighted by Gasteiger charge is 2.17. The Morgan fingerprint density at radius 3 is 1.00 bits per heavy atom. The van der Waals surface area contributed by atoms with Crippen LogP contribution in [0.15, 0.2) is 176 Å². The van der Waals surface area contributed by atoms with Crippen LogP contribution in [0.3, 0.4) is 0 Å². The van der Waals surface area contributed by atoms with Gasteiger partial charge in [-0.3, -0.25) is 9.97 Å². The summed E-state index contributed by atoms with van der Waals surface area (Å²) in [4.78, 5) is 37.7. The second kappa shape index (κ2) is 15.1. The van der Waals surface area contributed by atoms with Crippen molar-refractivity contribution in [2.45, 2.75) is 0 Å². The van der Waals surface area contributed by atoms with Gasteiger partial charge in [-0.05, 0) is 35.4 Å². The molecule has 4 aromatic heterocycles. The molecule has 0 spiro atoms. The molecule has 0 unspecified atom stereocenters. The van der Waals surface area contributed by atoms with Gasteiger partial charge in [0.1, 0.15) is 17.5 Å². The number of aromatic nitrogens is 8. The Morgan fingerprint density at radius 2 is 0.643 bits per heavy atom. The first-order chi connectivity index (χ1) is 27.7. The summed E-state index contributed by atoms with van der Waals surface area (Å²) in [5.41, 5.74) is 8.72. The van der Waals surface area contributed by atoms with Gasteiger partial charge in [-0.15, -0.1) is 0 Å². The molecule has 0 radical (unpaired) electrons. The number of rotatable bonds is 8. The van der Waals surface area contributed by atoms with E-state index in [9.17, 15) is 5.26 Å². The zero-order valence-electron chi connectivity index (χ0n) is 29.8. The van der Waals surface area contributed by atoms with Crippen molar-refractivity contribution in [3.63, 3.8) is 0 Å². The van der Waals surface area contributed by atoms with E-state index >= 15 is 0 Å². The lowest BCUT2D eigenvalue weighted by atomic mass is 9.92. The maximum Gasteiger partial charge on any atom is 0.182 e. The summed E-state index contributed by atoms with van der Waals surface area (Å²) in [5, 5.41) is 10.5. The van der Waals surface area contributed by atoms with Gasteiger partial charge >= 0.3 is 0 Å². The molecule has 0 aliphatic rings. The fourth-order valence-electron chi connectivity index (χ4n) is 6.41. The fraction of sp³-hybridized carbons (Fsp3) is 0. The Morgan fingerprint density at radius 1 is 0.304 bits per heavy atom. The van der Waals surface area contributed by atoms with Gasteiger partial charge in [0, 0.05) is 45.8 Å². The minimum atomic E-state index is 0.491. The molecule has 0 saturated carbocycles. The first-order valence-corrected chi connectivity index (χ1v) is 17.9. The summed E-state index contributed by atoms with van der Waals surface area (Å²) in [6.45, 7) is 0. The van der Waals surface area contributed by atoms with Gasteiger partial charge in [-0.1, -0.05) is 140 Å². The van der Waals surface area contributed by atoms with Crippen LogP contribution in [-0.4, -0.2) is 39.9 Å². The number of benzene rings is 5. The second-order valence-corrected chi connectivity index (χ2v) is 12.8. The van der Waals surface area contributed by atoms with Gasteiger partial charge in [-0.2, -0.15) is 5.26 Å². The van der Waals surface area contributed by atoms with E-state index in [0.717, 1.165) is 44.5 Å². The molecule has 0 N–H and O–H groups in total. The third-order valence-corrected chi connectivity index (χ3v) is 9.21. The summed E-state index contributed by atoms with van der Waals surface area (Å²) in [7, 11) is 0. The van der Waals surface area contributed by atoms with Crippen molar-refractivity contribution in [2.75, 3.05) is 0 Å². The summed E-state index contributed by atoms with van der Waals surface area (Å²) in [5.74, 6) is 3.16. The van der Waals surface area contributed by atoms with Crippen LogP contribution in [0.4, 0.5) is 0 Å². The monoisotopic (exact) mass is 719 g/mol. The van der Waals surface area contributed by atoms with Crippen molar-refractivity contribution in [1.82, 2.24) is 39.9 Å². The number of pyridine rings is 2. The van der Waals surface area contributed by atoms with Crippen LogP contribution in [0.2, 0.25) is 0 Å². The summed E-state index contributed by atoms with van der Waals surface area (Å²) in [6.07, 6.45) is 3.45. The van der Waals surface area contributed by atoms with Crippen LogP contribution in [0, 0.1) is 11.3 Å². The molecule has 9 heteroatoms. The lowest BCUT2D eigenvalue weighted by Gasteiger charge is -2.12. The summed E-state index contributed by atoms with van der Waals surface area (Å²) >= 11 is 0. The van der Waals surface area contributed by atoms with E-state index in [-0.39, 0.29) is 0 Å². The van der Waals surface area contributed by atoms with E-state index < -0.39 is 0 Å². The molecule has 0 aliphatic carbocycles. The first kappa shape index (κ1) is 33.7. The molecule has 0 atom stereocenters. The number of nitriles is 1. The molecule has 0 bridgehead atoms. The Bertz CT molecular complexity index is 2520. The van der Waals surface area contributed by atoms with E-state index in [0.29, 0.717) is 51.9 Å². The smallest absolute Gasteiger partial charge is 0.182 e. The Hall–Kier alpha value is -8.09. The number of hydrogen-bond acceptors (Lipinski definition) is 9. The van der Waals surface area contributed by atoms with Crippen molar-refractivity contribution < 1.29 is 0 Å². The number of nitrogens with zero attached hydrogens (tertiary/aromatic N) is 9. The molecular formula is C47H29N9. The predicted molar refractivity (Wildman–Crippen MR) is 217 cm³/mol. The van der Waals surface area contributed by atoms with Gasteiger partial charge < -0.3 is 0 Å². The highest BCUT2D eigenvalue weighted by atomic mass is 15.1. The quantitative estimate of drug-likeness (QED) is 0.151. The predicted octanol–water partition coefficient (Wildman–Crippen LogP) is 10.1. The Labute approximate surface area is 322 Å². The standard InChI is InChI=1S/C47H29N9/c48-30-39-37(31-20-24-35(25-21-31)44-51-42(33-12-3-1-4-13-33)53-46(55-44)40-18-7-9-28-49-40)16-11-17-38(39)32-22-26-36(27-23-32)45-52-43(34-14-5-2-6-15-34)54-47(56-45)41-19-8-10-29-50-41/h1-29H. The van der Waals surface area contributed by atoms with Crippen LogP contribution in [-0.2, 0) is 0 Å². The van der Waals surface area contributed by atoms with Crippen LogP contribution in [0.5, 0.6) is 0 Å². The topological polar surface area (TPSA) is 127 Å². The van der Waals surface area contributed by atoms with E-state index in [4.69, 9.17) is 29.9 Å². The molecule has 9 rings (SSSR count). The van der Waals surface area contributed by atoms with Crippen LogP contribution >= 0.6 is 0 Å². The average molecular weight is 720 g/mol. The zero-order chi connectivity index (χ0) is 37.7. The molecule has 4 heterocycles. The molecule has 262 valence electrons. The molecule has 9 aromatic rings. The maximum atomic E-state index is 10.5. The molecule has 0 saturated heterocycles. The van der Waals surface area contributed by atoms with Crippen molar-refractivity contribution in [1.29, 1.82) is 5.26 Å². The lowest BCUT2D eigenvalue weighted by molar-refractivity contribution is 1.06. The second-order valence-electron chi connectivity index (χ2n) is 12.8. The maximum absolute atomic E-state index is 10.5. The van der Waals surface area contributed by atoms with Crippen molar-refractivity contribution >= 4 is 0 Å². The minimum absolute atomic E-state index is 0.491. The van der Waals surface area contributed by atoms with Crippen molar-refractivity contribution in [2.24, 2.45) is 0 Å². The highest BCUT2D eigenvalue weighted by molar-refractivity contribution is 5.83. The van der Waals surface area contributed by atoms with Gasteiger partial charge in [0.2, 0.25) is 0 Å². The first-order valence-electron chi connectivity index (χ1n) is 17.9. The third-order valence-electron chi connectivity index (χ3n) is 9.21. The van der Waals surface area contributed by atoms with Crippen LogP contribution in [0.1, 0.15) is 5.56 Å². The van der Waals surface area contributed by atoms with E-state index in [1.54, 1.807) is 12.4 Å². The van der Waals surface area contributed by atoms with Crippen LogP contribution < -0.4 is 0 Å². The fourth-order valence-corrected chi connectivity index (χ4v) is 6.41. The van der Waals surface area contributed by atoms with E-state index in [1.807, 2.05) is 164 Å². The summed E-state index contributed by atoms with van der Waals surface area (Å²) < 4.78 is 0. The zero-order valence-corrected chi connectivity index (χ0v) is 29.8. The molecule has 56 heavy (non-hydrogen) atoms. The summed E-state index contributed by atoms with van der Waals surface area (Å²) in [6, 6.07) is 55.2. The lowest BCUT2D eigenvalue weighted by Crippen LogP contribution is -2.01. The van der Waals surface area contributed by atoms with Crippen molar-refractivity contribution in [3.8, 4) is 96.9 Å². The molecule has 0 aliphatic heterocycles. The Balaban J connectivity index is 1.04. The molecule has 0 fully saturated rings. The van der Waals surface area contributed by atoms with E-state index in [1.165, 1.54) is 0 Å². The molecule has 5 aromatic carbocycles. The highest BCUT2D eigenvalue weighted by Crippen LogP contribution is 2.34. The normalized spacial score (nSPS) is 10.8. The Kier molecular flexibility index (Phi) is 9.10. The van der Waals surface area contributed by atoms with Gasteiger partial charge in [-0.25, -0.2) is 29.9 Å². The number of hydrogen-bond donors (Lipinski definition) is 0. The molecule has 9 nitrogen and oxygen atoms in total. The van der Waals surface area contributed by atoms with Gasteiger partial charge in [0.25, 0.3) is 0 Å². The minimum Gasteiger partial charge on any atom is -0.253 e. The van der Waals surface area contributed by atoms with E-state index in [2.05, 4.69) is 16.0 Å². The van der Waals surface area contributed by atoms with Gasteiger partial charge in [0.15, 0.2) is 34.9 Å². The molecule has 0 amide bonds. The molecular weight excluding hydrogens is 691 g/mol. The largest absolute Gasteiger partial charge is 0.253 e. The van der Waals surface area contributed by atoms with Crippen molar-refractivity contribution in [3.05, 3.63) is 182 Å². The van der Waals surface area contributed by atoms with Gasteiger partial charge in [0.05, 0.1) is 5.56 Å². The average Bonchev–Trinajstić information content (AvgIpc) is 3.29. The SMILES string of the molecule is N#Cc1c(-c2ccc(-c3nc(-c4ccccc4)nc(-c4ccccn4)n3)cc2)cccc1-c1ccc(-c2nc(-c3ccccc3)nc(-c3ccccn3)n2)cc1. The third kappa shape index (κ3) is 6.89.